The summed E-state index contributed by atoms with van der Waals surface area (Å²) in [6, 6.07) is 6.79. The number of halogens is 2. The van der Waals surface area contributed by atoms with Crippen LogP contribution in [-0.4, -0.2) is 17.1 Å². The highest BCUT2D eigenvalue weighted by Crippen LogP contribution is 2.28. The maximum Gasteiger partial charge on any atom is 0.123 e. The molecule has 1 aliphatic rings. The van der Waals surface area contributed by atoms with Crippen molar-refractivity contribution in [3.8, 4) is 0 Å². The molecular formula is C12H14FIO. The predicted molar refractivity (Wildman–Crippen MR) is 67.0 cm³/mol. The molecule has 1 nitrogen and oxygen atoms in total. The number of hydrogen-bond acceptors (Lipinski definition) is 1. The summed E-state index contributed by atoms with van der Waals surface area (Å²) in [7, 11) is 0. The highest BCUT2D eigenvalue weighted by molar-refractivity contribution is 14.1. The standard InChI is InChI=1S/C12H14FIO/c13-11-4-1-9(2-5-11)10-3-6-12(7-14)15-8-10/h1-2,4-5,10,12H,3,6-8H2/t10-,12-/m0/s1. The van der Waals surface area contributed by atoms with Crippen LogP contribution < -0.4 is 0 Å². The van der Waals surface area contributed by atoms with Gasteiger partial charge in [0, 0.05) is 10.3 Å². The molecule has 2 atom stereocenters. The zero-order valence-electron chi connectivity index (χ0n) is 8.46. The quantitative estimate of drug-likeness (QED) is 0.598. The summed E-state index contributed by atoms with van der Waals surface area (Å²) in [4.78, 5) is 0. The van der Waals surface area contributed by atoms with Crippen molar-refractivity contribution in [2.75, 3.05) is 11.0 Å². The summed E-state index contributed by atoms with van der Waals surface area (Å²) in [6.45, 7) is 0.777. The van der Waals surface area contributed by atoms with Crippen LogP contribution in [0.3, 0.4) is 0 Å². The molecule has 0 amide bonds. The minimum atomic E-state index is -0.166. The second-order valence-electron chi connectivity index (χ2n) is 3.94. The van der Waals surface area contributed by atoms with Gasteiger partial charge >= 0.3 is 0 Å². The first-order valence-electron chi connectivity index (χ1n) is 5.22. The SMILES string of the molecule is Fc1ccc([C@H]2CC[C@@H](CI)OC2)cc1. The van der Waals surface area contributed by atoms with Gasteiger partial charge in [-0.1, -0.05) is 34.7 Å². The Labute approximate surface area is 103 Å². The Kier molecular flexibility index (Phi) is 3.97. The molecule has 0 unspecified atom stereocenters. The average Bonchev–Trinajstić information content (AvgIpc) is 2.30. The van der Waals surface area contributed by atoms with Crippen LogP contribution in [-0.2, 0) is 4.74 Å². The van der Waals surface area contributed by atoms with Gasteiger partial charge in [-0.15, -0.1) is 0 Å². The number of benzene rings is 1. The lowest BCUT2D eigenvalue weighted by molar-refractivity contribution is 0.0201. The van der Waals surface area contributed by atoms with Gasteiger partial charge in [0.1, 0.15) is 5.82 Å². The molecule has 0 spiro atoms. The van der Waals surface area contributed by atoms with Crippen molar-refractivity contribution in [1.29, 1.82) is 0 Å². The molecule has 1 aromatic carbocycles. The molecule has 0 radical (unpaired) electrons. The molecule has 0 bridgehead atoms. The lowest BCUT2D eigenvalue weighted by atomic mass is 9.92. The third-order valence-electron chi connectivity index (χ3n) is 2.88. The highest BCUT2D eigenvalue weighted by atomic mass is 127. The van der Waals surface area contributed by atoms with E-state index in [-0.39, 0.29) is 5.82 Å². The van der Waals surface area contributed by atoms with E-state index in [1.165, 1.54) is 17.7 Å². The van der Waals surface area contributed by atoms with Crippen LogP contribution in [0.5, 0.6) is 0 Å². The van der Waals surface area contributed by atoms with Gasteiger partial charge < -0.3 is 4.74 Å². The van der Waals surface area contributed by atoms with Crippen molar-refractivity contribution >= 4 is 22.6 Å². The summed E-state index contributed by atoms with van der Waals surface area (Å²) in [6.07, 6.45) is 2.69. The smallest absolute Gasteiger partial charge is 0.123 e. The average molecular weight is 320 g/mol. The molecule has 82 valence electrons. The van der Waals surface area contributed by atoms with Crippen LogP contribution in [0.25, 0.3) is 0 Å². The van der Waals surface area contributed by atoms with Crippen molar-refractivity contribution in [2.45, 2.75) is 24.9 Å². The van der Waals surface area contributed by atoms with Crippen molar-refractivity contribution in [3.05, 3.63) is 35.6 Å². The van der Waals surface area contributed by atoms with Gasteiger partial charge in [0.05, 0.1) is 12.7 Å². The first-order valence-corrected chi connectivity index (χ1v) is 6.75. The van der Waals surface area contributed by atoms with E-state index in [9.17, 15) is 4.39 Å². The molecular weight excluding hydrogens is 306 g/mol. The van der Waals surface area contributed by atoms with Gasteiger partial charge in [-0.05, 0) is 30.5 Å². The van der Waals surface area contributed by atoms with Crippen molar-refractivity contribution < 1.29 is 9.13 Å². The lowest BCUT2D eigenvalue weighted by Crippen LogP contribution is -2.25. The fourth-order valence-electron chi connectivity index (χ4n) is 1.93. The van der Waals surface area contributed by atoms with Crippen LogP contribution in [0.4, 0.5) is 4.39 Å². The summed E-state index contributed by atoms with van der Waals surface area (Å²) >= 11 is 2.36. The minimum absolute atomic E-state index is 0.166. The van der Waals surface area contributed by atoms with E-state index >= 15 is 0 Å². The Morgan fingerprint density at radius 2 is 2.00 bits per heavy atom. The van der Waals surface area contributed by atoms with Gasteiger partial charge in [0.2, 0.25) is 0 Å². The Hall–Kier alpha value is -0.160. The molecule has 0 N–H and O–H groups in total. The van der Waals surface area contributed by atoms with Crippen LogP contribution in [0, 0.1) is 5.82 Å². The largest absolute Gasteiger partial charge is 0.377 e. The molecule has 1 aromatic rings. The molecule has 1 fully saturated rings. The fraction of sp³-hybridized carbons (Fsp3) is 0.500. The molecule has 3 heteroatoms. The molecule has 1 saturated heterocycles. The minimum Gasteiger partial charge on any atom is -0.377 e. The maximum absolute atomic E-state index is 12.7. The second kappa shape index (κ2) is 5.25. The lowest BCUT2D eigenvalue weighted by Gasteiger charge is -2.28. The fourth-order valence-corrected chi connectivity index (χ4v) is 2.62. The van der Waals surface area contributed by atoms with Crippen LogP contribution in [0.1, 0.15) is 24.3 Å². The van der Waals surface area contributed by atoms with E-state index in [4.69, 9.17) is 4.74 Å². The Balaban J connectivity index is 1.98. The maximum atomic E-state index is 12.7. The number of alkyl halides is 1. The summed E-state index contributed by atoms with van der Waals surface area (Å²) in [5, 5.41) is 0. The zero-order valence-corrected chi connectivity index (χ0v) is 10.6. The molecule has 1 aliphatic heterocycles. The van der Waals surface area contributed by atoms with Gasteiger partial charge in [-0.3, -0.25) is 0 Å². The number of ether oxygens (including phenoxy) is 1. The Morgan fingerprint density at radius 3 is 2.53 bits per heavy atom. The second-order valence-corrected chi connectivity index (χ2v) is 4.82. The number of hydrogen-bond donors (Lipinski definition) is 0. The van der Waals surface area contributed by atoms with E-state index in [0.29, 0.717) is 12.0 Å². The van der Waals surface area contributed by atoms with E-state index in [0.717, 1.165) is 23.9 Å². The van der Waals surface area contributed by atoms with Crippen LogP contribution >= 0.6 is 22.6 Å². The van der Waals surface area contributed by atoms with E-state index in [1.54, 1.807) is 0 Å². The van der Waals surface area contributed by atoms with Crippen molar-refractivity contribution in [3.63, 3.8) is 0 Å². The molecule has 0 aliphatic carbocycles. The first kappa shape index (κ1) is 11.3. The van der Waals surface area contributed by atoms with Gasteiger partial charge in [0.15, 0.2) is 0 Å². The third kappa shape index (κ3) is 2.91. The summed E-state index contributed by atoms with van der Waals surface area (Å²) in [5.74, 6) is 0.283. The topological polar surface area (TPSA) is 9.23 Å². The van der Waals surface area contributed by atoms with Gasteiger partial charge in [-0.25, -0.2) is 4.39 Å². The molecule has 15 heavy (non-hydrogen) atoms. The molecule has 0 aromatic heterocycles. The van der Waals surface area contributed by atoms with E-state index in [1.807, 2.05) is 12.1 Å². The Morgan fingerprint density at radius 1 is 1.27 bits per heavy atom. The van der Waals surface area contributed by atoms with Crippen molar-refractivity contribution in [1.82, 2.24) is 0 Å². The number of rotatable bonds is 2. The van der Waals surface area contributed by atoms with Gasteiger partial charge in [0.25, 0.3) is 0 Å². The van der Waals surface area contributed by atoms with Gasteiger partial charge in [-0.2, -0.15) is 0 Å². The van der Waals surface area contributed by atoms with Crippen LogP contribution in [0.15, 0.2) is 24.3 Å². The zero-order chi connectivity index (χ0) is 10.7. The predicted octanol–water partition coefficient (Wildman–Crippen LogP) is 3.52. The van der Waals surface area contributed by atoms with E-state index < -0.39 is 0 Å². The normalized spacial score (nSPS) is 26.5. The highest BCUT2D eigenvalue weighted by Gasteiger charge is 2.21. The Bertz CT molecular complexity index is 304. The van der Waals surface area contributed by atoms with Crippen LogP contribution in [0.2, 0.25) is 0 Å². The monoisotopic (exact) mass is 320 g/mol. The molecule has 2 rings (SSSR count). The third-order valence-corrected chi connectivity index (χ3v) is 3.87. The molecule has 0 saturated carbocycles. The molecule has 1 heterocycles. The first-order chi connectivity index (χ1) is 7.29. The van der Waals surface area contributed by atoms with Crippen molar-refractivity contribution in [2.24, 2.45) is 0 Å². The van der Waals surface area contributed by atoms with E-state index in [2.05, 4.69) is 22.6 Å². The summed E-state index contributed by atoms with van der Waals surface area (Å²) in [5.41, 5.74) is 1.20. The summed E-state index contributed by atoms with van der Waals surface area (Å²) < 4.78 is 19.5.